The fourth-order valence-corrected chi connectivity index (χ4v) is 3.15. The minimum absolute atomic E-state index is 0.0230. The largest absolute Gasteiger partial charge is 0.355 e. The molecule has 4 heteroatoms. The highest BCUT2D eigenvalue weighted by Gasteiger charge is 2.23. The van der Waals surface area contributed by atoms with Gasteiger partial charge in [0, 0.05) is 31.0 Å². The number of hydrogen-bond acceptors (Lipinski definition) is 3. The number of carbonyl (C=O) groups excluding carboxylic acids is 2. The second kappa shape index (κ2) is 8.25. The maximum atomic E-state index is 12.2. The molecule has 23 heavy (non-hydrogen) atoms. The standard InChI is InChI=1S/C19H28N2O2/c1-4-21-11-5-6-17(21)13-20-19(23)10-9-18(22)16-8-7-14(2)15(3)12-16/h7-8,12,17H,4-6,9-11,13H2,1-3H3,(H,20,23). The molecule has 0 spiro atoms. The quantitative estimate of drug-likeness (QED) is 0.787. The lowest BCUT2D eigenvalue weighted by atomic mass is 10.0. The van der Waals surface area contributed by atoms with E-state index in [1.54, 1.807) is 0 Å². The molecule has 0 aliphatic carbocycles. The maximum Gasteiger partial charge on any atom is 0.220 e. The van der Waals surface area contributed by atoms with Crippen LogP contribution in [0.5, 0.6) is 0 Å². The third kappa shape index (κ3) is 4.90. The molecule has 0 saturated carbocycles. The number of hydrogen-bond donors (Lipinski definition) is 1. The molecule has 1 aliphatic heterocycles. The van der Waals surface area contributed by atoms with Gasteiger partial charge in [-0.1, -0.05) is 19.1 Å². The van der Waals surface area contributed by atoms with Gasteiger partial charge in [-0.2, -0.15) is 0 Å². The second-order valence-corrected chi connectivity index (χ2v) is 6.45. The van der Waals surface area contributed by atoms with E-state index in [0.29, 0.717) is 18.2 Å². The molecule has 0 radical (unpaired) electrons. The highest BCUT2D eigenvalue weighted by atomic mass is 16.2. The predicted molar refractivity (Wildman–Crippen MR) is 92.8 cm³/mol. The van der Waals surface area contributed by atoms with Crippen LogP contribution in [0.3, 0.4) is 0 Å². The van der Waals surface area contributed by atoms with Crippen LogP contribution in [0.4, 0.5) is 0 Å². The molecule has 1 N–H and O–H groups in total. The number of rotatable bonds is 7. The van der Waals surface area contributed by atoms with Crippen molar-refractivity contribution in [1.82, 2.24) is 10.2 Å². The van der Waals surface area contributed by atoms with Crippen LogP contribution in [0, 0.1) is 13.8 Å². The molecule has 1 fully saturated rings. The van der Waals surface area contributed by atoms with Gasteiger partial charge >= 0.3 is 0 Å². The zero-order valence-corrected chi connectivity index (χ0v) is 14.5. The summed E-state index contributed by atoms with van der Waals surface area (Å²) >= 11 is 0. The number of carbonyl (C=O) groups is 2. The number of benzene rings is 1. The zero-order chi connectivity index (χ0) is 16.8. The second-order valence-electron chi connectivity index (χ2n) is 6.45. The van der Waals surface area contributed by atoms with E-state index in [1.807, 2.05) is 32.0 Å². The molecule has 126 valence electrons. The summed E-state index contributed by atoms with van der Waals surface area (Å²) in [5.74, 6) is 0.0180. The van der Waals surface area contributed by atoms with E-state index in [4.69, 9.17) is 0 Å². The van der Waals surface area contributed by atoms with E-state index >= 15 is 0 Å². The fourth-order valence-electron chi connectivity index (χ4n) is 3.15. The fraction of sp³-hybridized carbons (Fsp3) is 0.579. The first kappa shape index (κ1) is 17.7. The molecule has 0 aromatic heterocycles. The number of likely N-dealkylation sites (tertiary alicyclic amines) is 1. The van der Waals surface area contributed by atoms with Crippen LogP contribution < -0.4 is 5.32 Å². The summed E-state index contributed by atoms with van der Waals surface area (Å²) in [4.78, 5) is 26.6. The highest BCUT2D eigenvalue weighted by molar-refractivity contribution is 5.98. The van der Waals surface area contributed by atoms with Crippen molar-refractivity contribution in [2.24, 2.45) is 0 Å². The van der Waals surface area contributed by atoms with Gasteiger partial charge in [0.2, 0.25) is 5.91 Å². The summed E-state index contributed by atoms with van der Waals surface area (Å²) in [5, 5.41) is 2.98. The monoisotopic (exact) mass is 316 g/mol. The van der Waals surface area contributed by atoms with Gasteiger partial charge in [-0.25, -0.2) is 0 Å². The van der Waals surface area contributed by atoms with Crippen molar-refractivity contribution in [3.63, 3.8) is 0 Å². The lowest BCUT2D eigenvalue weighted by molar-refractivity contribution is -0.121. The Hall–Kier alpha value is -1.68. The van der Waals surface area contributed by atoms with Crippen LogP contribution in [-0.4, -0.2) is 42.3 Å². The van der Waals surface area contributed by atoms with Crippen LogP contribution >= 0.6 is 0 Å². The minimum atomic E-state index is -0.0230. The van der Waals surface area contributed by atoms with Gasteiger partial charge in [0.05, 0.1) is 0 Å². The Morgan fingerprint density at radius 2 is 2.00 bits per heavy atom. The summed E-state index contributed by atoms with van der Waals surface area (Å²) < 4.78 is 0. The SMILES string of the molecule is CCN1CCCC1CNC(=O)CCC(=O)c1ccc(C)c(C)c1. The van der Waals surface area contributed by atoms with E-state index in [9.17, 15) is 9.59 Å². The average Bonchev–Trinajstić information content (AvgIpc) is 3.00. The topological polar surface area (TPSA) is 49.4 Å². The number of aryl methyl sites for hydroxylation is 2. The Kier molecular flexibility index (Phi) is 6.34. The normalized spacial score (nSPS) is 18.1. The number of nitrogens with one attached hydrogen (secondary N) is 1. The summed E-state index contributed by atoms with van der Waals surface area (Å²) in [5.41, 5.74) is 2.99. The molecule has 1 unspecified atom stereocenters. The van der Waals surface area contributed by atoms with Gasteiger partial charge in [0.25, 0.3) is 0 Å². The van der Waals surface area contributed by atoms with Gasteiger partial charge < -0.3 is 5.32 Å². The lowest BCUT2D eigenvalue weighted by Gasteiger charge is -2.22. The molecule has 1 amide bonds. The average molecular weight is 316 g/mol. The maximum absolute atomic E-state index is 12.2. The van der Waals surface area contributed by atoms with Crippen molar-refractivity contribution < 1.29 is 9.59 Å². The Balaban J connectivity index is 1.75. The molecule has 1 aromatic carbocycles. The number of amides is 1. The van der Waals surface area contributed by atoms with Crippen molar-refractivity contribution in [3.05, 3.63) is 34.9 Å². The summed E-state index contributed by atoms with van der Waals surface area (Å²) in [6.07, 6.45) is 2.90. The van der Waals surface area contributed by atoms with Crippen LogP contribution in [0.25, 0.3) is 0 Å². The van der Waals surface area contributed by atoms with Gasteiger partial charge in [0.1, 0.15) is 0 Å². The summed E-state index contributed by atoms with van der Waals surface area (Å²) in [6, 6.07) is 6.18. The van der Waals surface area contributed by atoms with Gasteiger partial charge in [-0.3, -0.25) is 14.5 Å². The number of ketones is 1. The Labute approximate surface area is 139 Å². The highest BCUT2D eigenvalue weighted by Crippen LogP contribution is 2.16. The Morgan fingerprint density at radius 3 is 2.70 bits per heavy atom. The number of nitrogens with zero attached hydrogens (tertiary/aromatic N) is 1. The zero-order valence-electron chi connectivity index (χ0n) is 14.5. The first-order valence-corrected chi connectivity index (χ1v) is 8.62. The molecular weight excluding hydrogens is 288 g/mol. The molecular formula is C19H28N2O2. The molecule has 1 saturated heterocycles. The van der Waals surface area contributed by atoms with Crippen LogP contribution in [0.15, 0.2) is 18.2 Å². The Morgan fingerprint density at radius 1 is 1.22 bits per heavy atom. The van der Waals surface area contributed by atoms with E-state index in [1.165, 1.54) is 12.0 Å². The smallest absolute Gasteiger partial charge is 0.220 e. The third-order valence-corrected chi connectivity index (χ3v) is 4.85. The van der Waals surface area contributed by atoms with Gasteiger partial charge in [0.15, 0.2) is 5.78 Å². The van der Waals surface area contributed by atoms with E-state index < -0.39 is 0 Å². The van der Waals surface area contributed by atoms with E-state index in [0.717, 1.165) is 25.1 Å². The van der Waals surface area contributed by atoms with Crippen LogP contribution in [0.2, 0.25) is 0 Å². The number of likely N-dealkylation sites (N-methyl/N-ethyl adjacent to an activating group) is 1. The molecule has 1 heterocycles. The van der Waals surface area contributed by atoms with Crippen LogP contribution in [0.1, 0.15) is 54.1 Å². The van der Waals surface area contributed by atoms with Crippen LogP contribution in [-0.2, 0) is 4.79 Å². The Bertz CT molecular complexity index is 568. The first-order valence-electron chi connectivity index (χ1n) is 8.62. The molecule has 4 nitrogen and oxygen atoms in total. The van der Waals surface area contributed by atoms with Gasteiger partial charge in [-0.05, 0) is 57.0 Å². The van der Waals surface area contributed by atoms with Gasteiger partial charge in [-0.15, -0.1) is 0 Å². The first-order chi connectivity index (χ1) is 11.0. The van der Waals surface area contributed by atoms with Crippen molar-refractivity contribution in [3.8, 4) is 0 Å². The molecule has 1 aliphatic rings. The third-order valence-electron chi connectivity index (χ3n) is 4.85. The summed E-state index contributed by atoms with van der Waals surface area (Å²) in [7, 11) is 0. The lowest BCUT2D eigenvalue weighted by Crippen LogP contribution is -2.40. The van der Waals surface area contributed by atoms with Crippen molar-refractivity contribution >= 4 is 11.7 Å². The molecule has 1 atom stereocenters. The number of Topliss-reactive ketones (excluding diaryl/α,β-unsaturated/α-hetero) is 1. The minimum Gasteiger partial charge on any atom is -0.355 e. The van der Waals surface area contributed by atoms with Crippen molar-refractivity contribution in [1.29, 1.82) is 0 Å². The van der Waals surface area contributed by atoms with Crippen molar-refractivity contribution in [2.75, 3.05) is 19.6 Å². The van der Waals surface area contributed by atoms with Crippen molar-refractivity contribution in [2.45, 2.75) is 52.5 Å². The predicted octanol–water partition coefficient (Wildman–Crippen LogP) is 2.87. The molecule has 2 rings (SSSR count). The molecule has 1 aromatic rings. The van der Waals surface area contributed by atoms with E-state index in [-0.39, 0.29) is 24.5 Å². The molecule has 0 bridgehead atoms. The van der Waals surface area contributed by atoms with E-state index in [2.05, 4.69) is 17.1 Å². The summed E-state index contributed by atoms with van der Waals surface area (Å²) in [6.45, 7) is 9.04.